The summed E-state index contributed by atoms with van der Waals surface area (Å²) in [5.41, 5.74) is 2.17. The van der Waals surface area contributed by atoms with Crippen LogP contribution in [0.2, 0.25) is 0 Å². The van der Waals surface area contributed by atoms with Gasteiger partial charge in [0.1, 0.15) is 11.4 Å². The molecule has 0 saturated carbocycles. The highest BCUT2D eigenvalue weighted by molar-refractivity contribution is 6.04. The standard InChI is InChI=1S/C25H25FN6O3/c1-14-9-18(31-32(14)4)10-17-12-20(29-30-24(17)34)15-5-7-19(26)21(11-15)28-23(33)16-6-8-22(27-13-16)25(2,3)35/h5-9,11-13,35H,10H2,1-4H3,(H,28,33)(H,30,34). The summed E-state index contributed by atoms with van der Waals surface area (Å²) in [5, 5.41) is 23.5. The van der Waals surface area contributed by atoms with Crippen LogP contribution in [0.3, 0.4) is 0 Å². The van der Waals surface area contributed by atoms with Gasteiger partial charge in [0.15, 0.2) is 0 Å². The molecule has 10 heteroatoms. The Morgan fingerprint density at radius 3 is 2.60 bits per heavy atom. The van der Waals surface area contributed by atoms with Gasteiger partial charge in [-0.05, 0) is 63.2 Å². The molecule has 4 aromatic rings. The number of aromatic amines is 1. The molecule has 3 N–H and O–H groups in total. The fraction of sp³-hybridized carbons (Fsp3) is 0.240. The summed E-state index contributed by atoms with van der Waals surface area (Å²) in [6.07, 6.45) is 1.63. The first-order valence-corrected chi connectivity index (χ1v) is 10.9. The molecule has 0 aliphatic carbocycles. The Kier molecular flexibility index (Phi) is 6.31. The number of carbonyl (C=O) groups is 1. The molecule has 35 heavy (non-hydrogen) atoms. The van der Waals surface area contributed by atoms with Crippen LogP contribution in [0, 0.1) is 12.7 Å². The van der Waals surface area contributed by atoms with E-state index in [1.54, 1.807) is 24.6 Å². The second-order valence-corrected chi connectivity index (χ2v) is 8.82. The average Bonchev–Trinajstić information content (AvgIpc) is 3.13. The number of pyridine rings is 1. The Morgan fingerprint density at radius 2 is 1.97 bits per heavy atom. The lowest BCUT2D eigenvalue weighted by Gasteiger charge is -2.16. The van der Waals surface area contributed by atoms with E-state index >= 15 is 0 Å². The smallest absolute Gasteiger partial charge is 0.267 e. The maximum atomic E-state index is 14.5. The number of rotatable bonds is 6. The molecule has 1 amide bonds. The van der Waals surface area contributed by atoms with Crippen molar-refractivity contribution in [1.29, 1.82) is 0 Å². The van der Waals surface area contributed by atoms with Gasteiger partial charge in [-0.15, -0.1) is 0 Å². The van der Waals surface area contributed by atoms with Crippen LogP contribution in [-0.4, -0.2) is 36.0 Å². The van der Waals surface area contributed by atoms with E-state index in [-0.39, 0.29) is 16.8 Å². The number of aryl methyl sites for hydroxylation is 2. The molecule has 180 valence electrons. The van der Waals surface area contributed by atoms with Gasteiger partial charge in [0.05, 0.1) is 28.3 Å². The summed E-state index contributed by atoms with van der Waals surface area (Å²) < 4.78 is 16.2. The zero-order valence-corrected chi connectivity index (χ0v) is 19.8. The Labute approximate surface area is 200 Å². The molecule has 0 spiro atoms. The number of halogens is 1. The number of carbonyl (C=O) groups excluding carboxylic acids is 1. The highest BCUT2D eigenvalue weighted by Crippen LogP contribution is 2.25. The molecule has 0 unspecified atom stereocenters. The number of benzene rings is 1. The lowest BCUT2D eigenvalue weighted by Crippen LogP contribution is -2.19. The minimum absolute atomic E-state index is 0.0473. The summed E-state index contributed by atoms with van der Waals surface area (Å²) in [6, 6.07) is 10.7. The number of anilines is 1. The van der Waals surface area contributed by atoms with Crippen molar-refractivity contribution in [1.82, 2.24) is 25.0 Å². The van der Waals surface area contributed by atoms with Crippen LogP contribution in [-0.2, 0) is 19.1 Å². The minimum Gasteiger partial charge on any atom is -0.384 e. The van der Waals surface area contributed by atoms with Gasteiger partial charge in [-0.25, -0.2) is 9.49 Å². The minimum atomic E-state index is -1.15. The van der Waals surface area contributed by atoms with Crippen LogP contribution in [0.15, 0.2) is 53.5 Å². The second kappa shape index (κ2) is 9.22. The molecule has 1 aromatic carbocycles. The maximum absolute atomic E-state index is 14.5. The average molecular weight is 477 g/mol. The van der Waals surface area contributed by atoms with E-state index in [1.165, 1.54) is 36.5 Å². The number of aromatic nitrogens is 5. The molecule has 3 heterocycles. The first-order valence-electron chi connectivity index (χ1n) is 10.9. The Balaban J connectivity index is 1.58. The number of nitrogens with one attached hydrogen (secondary N) is 2. The molecule has 9 nitrogen and oxygen atoms in total. The molecule has 0 atom stereocenters. The predicted octanol–water partition coefficient (Wildman–Crippen LogP) is 3.08. The van der Waals surface area contributed by atoms with Crippen LogP contribution >= 0.6 is 0 Å². The number of H-pyrrole nitrogens is 1. The van der Waals surface area contributed by atoms with E-state index in [1.807, 2.05) is 20.0 Å². The van der Waals surface area contributed by atoms with Gasteiger partial charge in [-0.3, -0.25) is 19.3 Å². The quantitative estimate of drug-likeness (QED) is 0.393. The lowest BCUT2D eigenvalue weighted by atomic mass is 10.0. The van der Waals surface area contributed by atoms with Crippen LogP contribution < -0.4 is 10.9 Å². The third-order valence-corrected chi connectivity index (χ3v) is 5.58. The number of hydrogen-bond acceptors (Lipinski definition) is 6. The first-order chi connectivity index (χ1) is 16.5. The van der Waals surface area contributed by atoms with E-state index in [9.17, 15) is 19.1 Å². The highest BCUT2D eigenvalue weighted by Gasteiger charge is 2.19. The molecule has 3 aromatic heterocycles. The van der Waals surface area contributed by atoms with Gasteiger partial charge in [-0.1, -0.05) is 0 Å². The monoisotopic (exact) mass is 476 g/mol. The molecule has 4 rings (SSSR count). The SMILES string of the molecule is Cc1cc(Cc2cc(-c3ccc(F)c(NC(=O)c4ccc(C(C)(C)O)nc4)c3)n[nH]c2=O)nn1C. The van der Waals surface area contributed by atoms with Crippen molar-refractivity contribution < 1.29 is 14.3 Å². The van der Waals surface area contributed by atoms with Gasteiger partial charge in [0.25, 0.3) is 11.5 Å². The summed E-state index contributed by atoms with van der Waals surface area (Å²) in [4.78, 5) is 29.1. The van der Waals surface area contributed by atoms with Gasteiger partial charge in [0.2, 0.25) is 0 Å². The van der Waals surface area contributed by atoms with Crippen molar-refractivity contribution in [3.8, 4) is 11.3 Å². The van der Waals surface area contributed by atoms with Gasteiger partial charge < -0.3 is 10.4 Å². The molecule has 0 radical (unpaired) electrons. The summed E-state index contributed by atoms with van der Waals surface area (Å²) in [6.45, 7) is 5.10. The highest BCUT2D eigenvalue weighted by atomic mass is 19.1. The molecular formula is C25H25FN6O3. The van der Waals surface area contributed by atoms with Crippen molar-refractivity contribution in [3.05, 3.63) is 93.0 Å². The van der Waals surface area contributed by atoms with E-state index in [2.05, 4.69) is 25.6 Å². The largest absolute Gasteiger partial charge is 0.384 e. The molecular weight excluding hydrogens is 451 g/mol. The Morgan fingerprint density at radius 1 is 1.20 bits per heavy atom. The van der Waals surface area contributed by atoms with Crippen molar-refractivity contribution in [2.45, 2.75) is 32.8 Å². The first kappa shape index (κ1) is 24.0. The van der Waals surface area contributed by atoms with E-state index < -0.39 is 17.3 Å². The molecule has 0 saturated heterocycles. The maximum Gasteiger partial charge on any atom is 0.267 e. The number of nitrogens with zero attached hydrogens (tertiary/aromatic N) is 4. The Hall–Kier alpha value is -4.18. The fourth-order valence-electron chi connectivity index (χ4n) is 3.51. The second-order valence-electron chi connectivity index (χ2n) is 8.82. The van der Waals surface area contributed by atoms with Crippen molar-refractivity contribution in [2.75, 3.05) is 5.32 Å². The van der Waals surface area contributed by atoms with Gasteiger partial charge in [0, 0.05) is 36.5 Å². The topological polar surface area (TPSA) is 126 Å². The summed E-state index contributed by atoms with van der Waals surface area (Å²) >= 11 is 0. The van der Waals surface area contributed by atoms with Crippen molar-refractivity contribution in [3.63, 3.8) is 0 Å². The number of hydrogen-bond donors (Lipinski definition) is 3. The molecule has 0 fully saturated rings. The van der Waals surface area contributed by atoms with Crippen molar-refractivity contribution in [2.24, 2.45) is 7.05 Å². The summed E-state index contributed by atoms with van der Waals surface area (Å²) in [5.74, 6) is -1.19. The number of amides is 1. The van der Waals surface area contributed by atoms with Crippen LogP contribution in [0.5, 0.6) is 0 Å². The van der Waals surface area contributed by atoms with Crippen LogP contribution in [0.25, 0.3) is 11.3 Å². The van der Waals surface area contributed by atoms with E-state index in [0.29, 0.717) is 28.9 Å². The van der Waals surface area contributed by atoms with Crippen LogP contribution in [0.1, 0.15) is 46.9 Å². The zero-order chi connectivity index (χ0) is 25.3. The Bertz CT molecular complexity index is 1430. The molecule has 0 bridgehead atoms. The van der Waals surface area contributed by atoms with E-state index in [4.69, 9.17) is 0 Å². The van der Waals surface area contributed by atoms with E-state index in [0.717, 1.165) is 11.4 Å². The van der Waals surface area contributed by atoms with Gasteiger partial charge >= 0.3 is 0 Å². The van der Waals surface area contributed by atoms with Crippen LogP contribution in [0.4, 0.5) is 10.1 Å². The third kappa shape index (κ3) is 5.33. The predicted molar refractivity (Wildman–Crippen MR) is 128 cm³/mol. The normalized spacial score (nSPS) is 11.5. The molecule has 0 aliphatic rings. The zero-order valence-electron chi connectivity index (χ0n) is 19.8. The number of aliphatic hydroxyl groups is 1. The third-order valence-electron chi connectivity index (χ3n) is 5.58. The fourth-order valence-corrected chi connectivity index (χ4v) is 3.51. The lowest BCUT2D eigenvalue weighted by molar-refractivity contribution is 0.0737. The van der Waals surface area contributed by atoms with Gasteiger partial charge in [-0.2, -0.15) is 10.2 Å². The summed E-state index contributed by atoms with van der Waals surface area (Å²) in [7, 11) is 1.83. The van der Waals surface area contributed by atoms with Crippen molar-refractivity contribution >= 4 is 11.6 Å². The molecule has 0 aliphatic heterocycles.